The Kier molecular flexibility index (Phi) is 9.16. The third-order valence-corrected chi connectivity index (χ3v) is 8.73. The van der Waals surface area contributed by atoms with E-state index >= 15 is 0 Å². The first kappa shape index (κ1) is 33.1. The van der Waals surface area contributed by atoms with Crippen LogP contribution in [0.3, 0.4) is 0 Å². The van der Waals surface area contributed by atoms with Crippen LogP contribution in [0.25, 0.3) is 0 Å². The predicted octanol–water partition coefficient (Wildman–Crippen LogP) is -6.57. The van der Waals surface area contributed by atoms with Gasteiger partial charge in [-0.2, -0.15) is 18.3 Å². The van der Waals surface area contributed by atoms with Crippen molar-refractivity contribution in [3.63, 3.8) is 0 Å². The van der Waals surface area contributed by atoms with Crippen LogP contribution in [0.1, 0.15) is 18.9 Å². The van der Waals surface area contributed by atoms with Crippen molar-refractivity contribution < 1.29 is 27.4 Å². The van der Waals surface area contributed by atoms with E-state index in [1.54, 1.807) is 17.5 Å². The van der Waals surface area contributed by atoms with E-state index in [9.17, 15) is 22.8 Å². The number of aromatic nitrogens is 4. The highest BCUT2D eigenvalue weighted by Gasteiger charge is 2.63. The molecule has 22 heteroatoms. The normalized spacial score (nSPS) is 19.8. The van der Waals surface area contributed by atoms with Crippen molar-refractivity contribution in [1.82, 2.24) is 25.1 Å². The predicted molar refractivity (Wildman–Crippen MR) is 171 cm³/mol. The molecule has 1 N–H and O–H groups in total. The number of hydrogen-bond donors (Lipinski definition) is 1. The van der Waals surface area contributed by atoms with Crippen LogP contribution in [-0.2, 0) is 15.7 Å². The van der Waals surface area contributed by atoms with Crippen molar-refractivity contribution >= 4 is 86.2 Å². The van der Waals surface area contributed by atoms with Crippen molar-refractivity contribution in [3.05, 3.63) is 39.5 Å². The highest BCUT2D eigenvalue weighted by atomic mass is 35.5. The third kappa shape index (κ3) is 6.07. The van der Waals surface area contributed by atoms with Crippen LogP contribution in [0, 0.1) is 0 Å². The topological polar surface area (TPSA) is 114 Å². The smallest absolute Gasteiger partial charge is 0.425 e. The second kappa shape index (κ2) is 11.3. The lowest BCUT2D eigenvalue weighted by Gasteiger charge is -2.74. The van der Waals surface area contributed by atoms with Crippen molar-refractivity contribution in [2.45, 2.75) is 47.0 Å². The van der Waals surface area contributed by atoms with Crippen molar-refractivity contribution in [2.24, 2.45) is 0 Å². The van der Waals surface area contributed by atoms with Gasteiger partial charge in [0, 0.05) is 0 Å². The van der Waals surface area contributed by atoms with Gasteiger partial charge in [0.2, 0.25) is 11.9 Å². The zero-order valence-electron chi connectivity index (χ0n) is 24.8. The molecule has 1 aliphatic rings. The van der Waals surface area contributed by atoms with E-state index in [1.165, 1.54) is 6.92 Å². The number of halogens is 4. The molecular weight excluding hydrogens is 555 g/mol. The Morgan fingerprint density at radius 2 is 1.56 bits per heavy atom. The van der Waals surface area contributed by atoms with E-state index in [2.05, 4.69) is 20.0 Å². The molecule has 1 aliphatic heterocycles. The van der Waals surface area contributed by atoms with E-state index in [-0.39, 0.29) is 25.5 Å². The number of alkyl halides is 3. The van der Waals surface area contributed by atoms with Crippen molar-refractivity contribution in [2.75, 3.05) is 18.1 Å². The zero-order valence-corrected chi connectivity index (χ0v) is 25.6. The first-order valence-corrected chi connectivity index (χ1v) is 13.6. The molecule has 2 aromatic rings. The lowest BCUT2D eigenvalue weighted by molar-refractivity contribution is -0.141. The number of ether oxygens (including phenoxy) is 2. The van der Waals surface area contributed by atoms with Crippen LogP contribution in [-0.4, -0.2) is 134 Å². The van der Waals surface area contributed by atoms with Gasteiger partial charge < -0.3 is 19.3 Å². The summed E-state index contributed by atoms with van der Waals surface area (Å²) in [5.74, 6) is -0.340. The van der Waals surface area contributed by atoms with Gasteiger partial charge in [0.1, 0.15) is 68.9 Å². The number of rotatable bonds is 8. The van der Waals surface area contributed by atoms with Gasteiger partial charge in [0.05, 0.1) is 43.2 Å². The SMILES string of the molecule is BC1(B)N(C(=O)CCOC[C@H](C)Oc2cn[nH]c(=O)c2C(F)(F)F)C(B)(B)C(B)(B)N(c2ncc(Cl)cn2)C1(B)B. The molecule has 0 bridgehead atoms. The maximum Gasteiger partial charge on any atom is 0.425 e. The molecule has 2 aromatic heterocycles. The maximum atomic E-state index is 13.8. The first-order valence-electron chi connectivity index (χ1n) is 13.2. The molecule has 41 heavy (non-hydrogen) atoms. The van der Waals surface area contributed by atoms with E-state index in [1.807, 2.05) is 67.7 Å². The van der Waals surface area contributed by atoms with Crippen LogP contribution >= 0.6 is 11.6 Å². The number of nitrogens with zero attached hydrogens (tertiary/aromatic N) is 5. The lowest BCUT2D eigenvalue weighted by Crippen LogP contribution is -2.93. The van der Waals surface area contributed by atoms with Crippen molar-refractivity contribution in [1.29, 1.82) is 0 Å². The lowest BCUT2D eigenvalue weighted by atomic mass is 9.26. The Bertz CT molecular complexity index is 1310. The van der Waals surface area contributed by atoms with Crippen molar-refractivity contribution in [3.8, 4) is 5.75 Å². The molecule has 0 spiro atoms. The second-order valence-electron chi connectivity index (χ2n) is 12.2. The number of H-pyrrole nitrogens is 1. The monoisotopic (exact) mass is 586 g/mol. The summed E-state index contributed by atoms with van der Waals surface area (Å²) < 4.78 is 50.8. The highest BCUT2D eigenvalue weighted by molar-refractivity contribution is 6.63. The molecule has 0 aromatic carbocycles. The summed E-state index contributed by atoms with van der Waals surface area (Å²) in [5.41, 5.74) is -2.86. The minimum atomic E-state index is -4.91. The van der Waals surface area contributed by atoms with Gasteiger partial charge in [-0.15, -0.1) is 0 Å². The Hall–Kier alpha value is -2.41. The summed E-state index contributed by atoms with van der Waals surface area (Å²) >= 11 is 6.04. The number of aromatic amines is 1. The van der Waals surface area contributed by atoms with Crippen LogP contribution in [0.5, 0.6) is 5.75 Å². The van der Waals surface area contributed by atoms with E-state index < -0.39 is 50.5 Å². The van der Waals surface area contributed by atoms with Gasteiger partial charge in [0.25, 0.3) is 5.56 Å². The molecule has 0 aliphatic carbocycles. The number of carbonyl (C=O) groups is 1. The Balaban J connectivity index is 1.73. The molecule has 1 atom stereocenters. The number of amides is 1. The Morgan fingerprint density at radius 3 is 2.07 bits per heavy atom. The highest BCUT2D eigenvalue weighted by Crippen LogP contribution is 2.44. The molecule has 0 unspecified atom stereocenters. The fourth-order valence-electron chi connectivity index (χ4n) is 5.55. The third-order valence-electron chi connectivity index (χ3n) is 8.53. The molecule has 3 rings (SSSR count). The van der Waals surface area contributed by atoms with Gasteiger partial charge >= 0.3 is 6.18 Å². The largest absolute Gasteiger partial charge is 0.486 e. The minimum absolute atomic E-state index is 0.0137. The van der Waals surface area contributed by atoms with Gasteiger partial charge in [-0.1, -0.05) is 11.6 Å². The summed E-state index contributed by atoms with van der Waals surface area (Å²) in [6.45, 7) is 1.40. The van der Waals surface area contributed by atoms with Gasteiger partial charge in [0.15, 0.2) is 11.3 Å². The minimum Gasteiger partial charge on any atom is -0.486 e. The maximum absolute atomic E-state index is 13.8. The zero-order chi connectivity index (χ0) is 31.2. The molecule has 10 nitrogen and oxygen atoms in total. The summed E-state index contributed by atoms with van der Waals surface area (Å²) in [4.78, 5) is 38.4. The molecular formula is C19H30B8ClF3N6O4. The molecule has 0 saturated carbocycles. The number of piperazine rings is 1. The molecule has 1 saturated heterocycles. The number of carbonyl (C=O) groups excluding carboxylic acids is 1. The van der Waals surface area contributed by atoms with Crippen LogP contribution < -0.4 is 15.2 Å². The van der Waals surface area contributed by atoms with Crippen LogP contribution in [0.15, 0.2) is 23.4 Å². The molecule has 1 fully saturated rings. The molecule has 3 heterocycles. The van der Waals surface area contributed by atoms with E-state index in [0.29, 0.717) is 11.0 Å². The Morgan fingerprint density at radius 1 is 1.02 bits per heavy atom. The fraction of sp³-hybridized carbons (Fsp3) is 0.526. The van der Waals surface area contributed by atoms with Gasteiger partial charge in [-0.3, -0.25) is 9.59 Å². The fourth-order valence-corrected chi connectivity index (χ4v) is 5.65. The summed E-state index contributed by atoms with van der Waals surface area (Å²) in [5, 5.41) is 2.91. The molecule has 1 amide bonds. The quantitative estimate of drug-likeness (QED) is 0.241. The number of nitrogens with one attached hydrogen (secondary N) is 1. The Labute approximate surface area is 248 Å². The standard InChI is InChI=1S/C19H30B8ClF3N6O4/c1-8(41-10-6-34-35-13(39)12(10)15(29,30)31)7-40-3-2-11(38)36-16(20,21)18(24,25)37(19(26,27)17(36,22)23)14-32-4-9(28)5-33-14/h4-6,8H,2-3,7,20-27H2,1H3,(H,35,39)/t8-/m0/s1. The van der Waals surface area contributed by atoms with E-state index in [4.69, 9.17) is 21.1 Å². The number of hydrogen-bond acceptors (Lipinski definition) is 8. The average molecular weight is 585 g/mol. The summed E-state index contributed by atoms with van der Waals surface area (Å²) in [7, 11) is 16.1. The molecule has 0 radical (unpaired) electrons. The van der Waals surface area contributed by atoms with E-state index in [0.717, 1.165) is 6.20 Å². The van der Waals surface area contributed by atoms with Gasteiger partial charge in [-0.25, -0.2) is 15.1 Å². The first-order chi connectivity index (χ1) is 18.7. The summed E-state index contributed by atoms with van der Waals surface area (Å²) in [6, 6.07) is 0. The molecule has 212 valence electrons. The van der Waals surface area contributed by atoms with Gasteiger partial charge in [-0.05, 0) is 28.3 Å². The van der Waals surface area contributed by atoms with Crippen LogP contribution in [0.2, 0.25) is 5.02 Å². The summed E-state index contributed by atoms with van der Waals surface area (Å²) in [6.07, 6.45) is -1.83. The van der Waals surface area contributed by atoms with Crippen LogP contribution in [0.4, 0.5) is 19.1 Å². The number of anilines is 1. The second-order valence-corrected chi connectivity index (χ2v) is 12.6. The average Bonchev–Trinajstić information content (AvgIpc) is 2.81.